The maximum Gasteiger partial charge on any atom is 0.191 e. The second-order valence-electron chi connectivity index (χ2n) is 5.70. The van der Waals surface area contributed by atoms with Crippen LogP contribution in [-0.4, -0.2) is 14.8 Å². The fourth-order valence-corrected chi connectivity index (χ4v) is 3.51. The third-order valence-corrected chi connectivity index (χ3v) is 5.15. The first-order chi connectivity index (χ1) is 11.3. The van der Waals surface area contributed by atoms with Crippen molar-refractivity contribution in [1.29, 1.82) is 0 Å². The third kappa shape index (κ3) is 3.46. The van der Waals surface area contributed by atoms with Crippen molar-refractivity contribution in [3.63, 3.8) is 0 Å². The SMILES string of the molecule is Clc1ccc(CSc2nnc(C3CC3)n2Cc2ccco2)cc1. The summed E-state index contributed by atoms with van der Waals surface area (Å²) in [5.74, 6) is 3.42. The van der Waals surface area contributed by atoms with Crippen molar-refractivity contribution in [3.05, 3.63) is 64.8 Å². The number of halogens is 1. The number of hydrogen-bond donors (Lipinski definition) is 0. The maximum atomic E-state index is 5.93. The minimum absolute atomic E-state index is 0.558. The third-order valence-electron chi connectivity index (χ3n) is 3.86. The van der Waals surface area contributed by atoms with E-state index < -0.39 is 0 Å². The first kappa shape index (κ1) is 14.8. The molecule has 1 aliphatic rings. The first-order valence-corrected chi connectivity index (χ1v) is 8.98. The van der Waals surface area contributed by atoms with Crippen molar-refractivity contribution >= 4 is 23.4 Å². The Bertz CT molecular complexity index is 779. The van der Waals surface area contributed by atoms with Gasteiger partial charge in [0.2, 0.25) is 0 Å². The average molecular weight is 346 g/mol. The quantitative estimate of drug-likeness (QED) is 0.605. The Morgan fingerprint density at radius 3 is 2.70 bits per heavy atom. The van der Waals surface area contributed by atoms with Gasteiger partial charge in [-0.15, -0.1) is 10.2 Å². The fraction of sp³-hybridized carbons (Fsp3) is 0.294. The molecule has 0 unspecified atom stereocenters. The van der Waals surface area contributed by atoms with Crippen LogP contribution in [0.25, 0.3) is 0 Å². The van der Waals surface area contributed by atoms with Crippen LogP contribution >= 0.6 is 23.4 Å². The standard InChI is InChI=1S/C17H16ClN3OS/c18-14-7-3-12(4-8-14)11-23-17-20-19-16(13-5-6-13)21(17)10-15-2-1-9-22-15/h1-4,7-9,13H,5-6,10-11H2. The van der Waals surface area contributed by atoms with Gasteiger partial charge >= 0.3 is 0 Å². The minimum atomic E-state index is 0.558. The Kier molecular flexibility index (Phi) is 4.14. The summed E-state index contributed by atoms with van der Waals surface area (Å²) in [5, 5.41) is 10.5. The Hall–Kier alpha value is -1.72. The van der Waals surface area contributed by atoms with E-state index in [0.717, 1.165) is 27.5 Å². The second kappa shape index (κ2) is 6.42. The molecule has 4 nitrogen and oxygen atoms in total. The molecule has 0 aliphatic heterocycles. The summed E-state index contributed by atoms with van der Waals surface area (Å²) in [5.41, 5.74) is 1.22. The normalized spacial score (nSPS) is 14.3. The molecule has 2 aromatic heterocycles. The minimum Gasteiger partial charge on any atom is -0.467 e. The zero-order valence-electron chi connectivity index (χ0n) is 12.5. The summed E-state index contributed by atoms with van der Waals surface area (Å²) in [6.45, 7) is 0.689. The molecule has 1 aromatic carbocycles. The van der Waals surface area contributed by atoms with E-state index in [1.165, 1.54) is 18.4 Å². The molecular weight excluding hydrogens is 330 g/mol. The average Bonchev–Trinajstić information content (AvgIpc) is 3.13. The van der Waals surface area contributed by atoms with Crippen molar-refractivity contribution in [2.75, 3.05) is 0 Å². The van der Waals surface area contributed by atoms with Gasteiger partial charge in [0.15, 0.2) is 5.16 Å². The van der Waals surface area contributed by atoms with Crippen LogP contribution in [0, 0.1) is 0 Å². The molecule has 0 N–H and O–H groups in total. The molecular formula is C17H16ClN3OS. The lowest BCUT2D eigenvalue weighted by Gasteiger charge is -2.08. The van der Waals surface area contributed by atoms with Gasteiger partial charge in [-0.25, -0.2) is 0 Å². The van der Waals surface area contributed by atoms with Gasteiger partial charge in [0.25, 0.3) is 0 Å². The van der Waals surface area contributed by atoms with E-state index in [9.17, 15) is 0 Å². The zero-order valence-corrected chi connectivity index (χ0v) is 14.1. The summed E-state index contributed by atoms with van der Waals surface area (Å²) >= 11 is 7.63. The molecule has 1 fully saturated rings. The van der Waals surface area contributed by atoms with Gasteiger partial charge in [0, 0.05) is 16.7 Å². The fourth-order valence-electron chi connectivity index (χ4n) is 2.49. The molecule has 0 spiro atoms. The van der Waals surface area contributed by atoms with Gasteiger partial charge in [-0.2, -0.15) is 0 Å². The van der Waals surface area contributed by atoms with Crippen LogP contribution in [0.3, 0.4) is 0 Å². The second-order valence-corrected chi connectivity index (χ2v) is 7.07. The van der Waals surface area contributed by atoms with Crippen LogP contribution in [-0.2, 0) is 12.3 Å². The summed E-state index contributed by atoms with van der Waals surface area (Å²) in [6.07, 6.45) is 4.12. The lowest BCUT2D eigenvalue weighted by molar-refractivity contribution is 0.478. The van der Waals surface area contributed by atoms with Crippen LogP contribution < -0.4 is 0 Å². The van der Waals surface area contributed by atoms with Crippen LogP contribution in [0.2, 0.25) is 5.02 Å². The molecule has 1 aliphatic carbocycles. The molecule has 0 amide bonds. The van der Waals surface area contributed by atoms with Crippen LogP contribution in [0.5, 0.6) is 0 Å². The summed E-state index contributed by atoms with van der Waals surface area (Å²) in [6, 6.07) is 11.8. The monoisotopic (exact) mass is 345 g/mol. The highest BCUT2D eigenvalue weighted by Gasteiger charge is 2.30. The van der Waals surface area contributed by atoms with Gasteiger partial charge < -0.3 is 4.42 Å². The van der Waals surface area contributed by atoms with Gasteiger partial charge in [-0.1, -0.05) is 35.5 Å². The first-order valence-electron chi connectivity index (χ1n) is 7.62. The number of benzene rings is 1. The Balaban J connectivity index is 1.54. The molecule has 118 valence electrons. The van der Waals surface area contributed by atoms with Gasteiger partial charge in [0.1, 0.15) is 11.6 Å². The summed E-state index contributed by atoms with van der Waals surface area (Å²) < 4.78 is 7.68. The number of rotatable bonds is 6. The van der Waals surface area contributed by atoms with E-state index in [4.69, 9.17) is 16.0 Å². The van der Waals surface area contributed by atoms with E-state index >= 15 is 0 Å². The molecule has 1 saturated carbocycles. The van der Waals surface area contributed by atoms with Crippen molar-refractivity contribution in [3.8, 4) is 0 Å². The number of aromatic nitrogens is 3. The van der Waals surface area contributed by atoms with Crippen molar-refractivity contribution in [2.45, 2.75) is 36.2 Å². The highest BCUT2D eigenvalue weighted by Crippen LogP contribution is 2.40. The largest absolute Gasteiger partial charge is 0.467 e. The number of furan rings is 1. The summed E-state index contributed by atoms with van der Waals surface area (Å²) in [4.78, 5) is 0. The molecule has 2 heterocycles. The molecule has 6 heteroatoms. The van der Waals surface area contributed by atoms with E-state index in [1.807, 2.05) is 36.4 Å². The number of nitrogens with zero attached hydrogens (tertiary/aromatic N) is 3. The van der Waals surface area contributed by atoms with Crippen LogP contribution in [0.15, 0.2) is 52.2 Å². The van der Waals surface area contributed by atoms with Crippen molar-refractivity contribution in [1.82, 2.24) is 14.8 Å². The molecule has 23 heavy (non-hydrogen) atoms. The van der Waals surface area contributed by atoms with E-state index in [0.29, 0.717) is 12.5 Å². The van der Waals surface area contributed by atoms with Gasteiger partial charge in [-0.3, -0.25) is 4.57 Å². The number of hydrogen-bond acceptors (Lipinski definition) is 4. The maximum absolute atomic E-state index is 5.93. The van der Waals surface area contributed by atoms with Crippen LogP contribution in [0.1, 0.15) is 35.9 Å². The highest BCUT2D eigenvalue weighted by molar-refractivity contribution is 7.98. The lowest BCUT2D eigenvalue weighted by atomic mass is 10.2. The molecule has 0 saturated heterocycles. The number of thioether (sulfide) groups is 1. The Labute approximate surface area is 143 Å². The van der Waals surface area contributed by atoms with E-state index in [2.05, 4.69) is 14.8 Å². The highest BCUT2D eigenvalue weighted by atomic mass is 35.5. The molecule has 3 aromatic rings. The topological polar surface area (TPSA) is 43.9 Å². The lowest BCUT2D eigenvalue weighted by Crippen LogP contribution is -2.05. The molecule has 0 radical (unpaired) electrons. The zero-order chi connectivity index (χ0) is 15.6. The molecule has 0 atom stereocenters. The van der Waals surface area contributed by atoms with Crippen molar-refractivity contribution < 1.29 is 4.42 Å². The smallest absolute Gasteiger partial charge is 0.191 e. The summed E-state index contributed by atoms with van der Waals surface area (Å²) in [7, 11) is 0. The predicted molar refractivity (Wildman–Crippen MR) is 90.8 cm³/mol. The molecule has 4 rings (SSSR count). The van der Waals surface area contributed by atoms with E-state index in [1.54, 1.807) is 18.0 Å². The Morgan fingerprint density at radius 2 is 2.00 bits per heavy atom. The predicted octanol–water partition coefficient (Wildman–Crippen LogP) is 4.74. The van der Waals surface area contributed by atoms with Gasteiger partial charge in [-0.05, 0) is 42.7 Å². The van der Waals surface area contributed by atoms with Gasteiger partial charge in [0.05, 0.1) is 12.8 Å². The molecule has 0 bridgehead atoms. The van der Waals surface area contributed by atoms with Crippen molar-refractivity contribution in [2.24, 2.45) is 0 Å². The van der Waals surface area contributed by atoms with E-state index in [-0.39, 0.29) is 0 Å². The van der Waals surface area contributed by atoms with Crippen LogP contribution in [0.4, 0.5) is 0 Å². The Morgan fingerprint density at radius 1 is 1.17 bits per heavy atom.